The minimum Gasteiger partial charge on any atom is -0.351 e. The van der Waals surface area contributed by atoms with Crippen molar-refractivity contribution in [1.29, 1.82) is 0 Å². The molecule has 1 amide bonds. The van der Waals surface area contributed by atoms with Gasteiger partial charge in [-0.1, -0.05) is 26.0 Å². The smallest absolute Gasteiger partial charge is 0.251 e. The molecule has 3 nitrogen and oxygen atoms in total. The van der Waals surface area contributed by atoms with Crippen molar-refractivity contribution in [1.82, 2.24) is 10.2 Å². The van der Waals surface area contributed by atoms with Gasteiger partial charge in [0.05, 0.1) is 4.58 Å². The van der Waals surface area contributed by atoms with E-state index in [2.05, 4.69) is 50.3 Å². The lowest BCUT2D eigenvalue weighted by Crippen LogP contribution is -2.39. The molecule has 1 aliphatic heterocycles. The molecule has 1 fully saturated rings. The highest BCUT2D eigenvalue weighted by Crippen LogP contribution is 2.45. The summed E-state index contributed by atoms with van der Waals surface area (Å²) in [7, 11) is 4.11. The van der Waals surface area contributed by atoms with E-state index in [1.54, 1.807) is 0 Å². The van der Waals surface area contributed by atoms with Crippen LogP contribution in [0.2, 0.25) is 0 Å². The van der Waals surface area contributed by atoms with Crippen molar-refractivity contribution in [2.45, 2.75) is 18.4 Å². The lowest BCUT2D eigenvalue weighted by Gasteiger charge is -2.28. The van der Waals surface area contributed by atoms with Gasteiger partial charge >= 0.3 is 0 Å². The monoisotopic (exact) mass is 338 g/mol. The van der Waals surface area contributed by atoms with Crippen LogP contribution in [-0.4, -0.2) is 49.5 Å². The largest absolute Gasteiger partial charge is 0.351 e. The summed E-state index contributed by atoms with van der Waals surface area (Å²) in [5.41, 5.74) is 2.13. The Morgan fingerprint density at radius 1 is 1.23 bits per heavy atom. The summed E-state index contributed by atoms with van der Waals surface area (Å²) in [6.45, 7) is 5.97. The van der Waals surface area contributed by atoms with E-state index in [0.29, 0.717) is 11.1 Å². The summed E-state index contributed by atoms with van der Waals surface area (Å²) < 4.78 is 0.538. The number of amides is 1. The van der Waals surface area contributed by atoms with E-state index in [1.165, 1.54) is 17.1 Å². The number of thioether (sulfide) groups is 2. The van der Waals surface area contributed by atoms with Gasteiger partial charge in [-0.2, -0.15) is 0 Å². The third kappa shape index (κ3) is 5.21. The second-order valence-electron chi connectivity index (χ2n) is 6.78. The second kappa shape index (κ2) is 7.75. The summed E-state index contributed by atoms with van der Waals surface area (Å²) in [6, 6.07) is 8.08. The zero-order valence-electron chi connectivity index (χ0n) is 13.9. The Morgan fingerprint density at radius 2 is 1.82 bits per heavy atom. The van der Waals surface area contributed by atoms with Crippen molar-refractivity contribution in [2.24, 2.45) is 5.41 Å². The summed E-state index contributed by atoms with van der Waals surface area (Å²) in [4.78, 5) is 14.4. The van der Waals surface area contributed by atoms with Gasteiger partial charge in [-0.05, 0) is 37.2 Å². The molecule has 0 unspecified atom stereocenters. The Morgan fingerprint density at radius 3 is 2.36 bits per heavy atom. The fraction of sp³-hybridized carbons (Fsp3) is 0.588. The summed E-state index contributed by atoms with van der Waals surface area (Å²) in [5.74, 6) is 2.46. The predicted molar refractivity (Wildman–Crippen MR) is 98.8 cm³/mol. The van der Waals surface area contributed by atoms with E-state index in [4.69, 9.17) is 0 Å². The van der Waals surface area contributed by atoms with Crippen LogP contribution in [-0.2, 0) is 0 Å². The number of hydrogen-bond acceptors (Lipinski definition) is 4. The summed E-state index contributed by atoms with van der Waals surface area (Å²) >= 11 is 3.97. The Bertz CT molecular complexity index is 494. The summed E-state index contributed by atoms with van der Waals surface area (Å²) in [5, 5.41) is 3.06. The van der Waals surface area contributed by atoms with E-state index >= 15 is 0 Å². The molecule has 0 aromatic heterocycles. The van der Waals surface area contributed by atoms with Crippen molar-refractivity contribution in [3.05, 3.63) is 35.4 Å². The molecular weight excluding hydrogens is 312 g/mol. The first-order chi connectivity index (χ1) is 10.4. The van der Waals surface area contributed by atoms with Crippen LogP contribution in [0.15, 0.2) is 24.3 Å². The molecule has 1 saturated heterocycles. The van der Waals surface area contributed by atoms with Crippen LogP contribution < -0.4 is 5.32 Å². The average Bonchev–Trinajstić information content (AvgIpc) is 2.98. The molecule has 0 radical (unpaired) electrons. The number of carbonyl (C=O) groups excluding carboxylic acids is 1. The highest BCUT2D eigenvalue weighted by atomic mass is 32.2. The minimum absolute atomic E-state index is 0.0186. The van der Waals surface area contributed by atoms with Gasteiger partial charge in [-0.3, -0.25) is 4.79 Å². The first kappa shape index (κ1) is 17.7. The average molecular weight is 339 g/mol. The fourth-order valence-electron chi connectivity index (χ4n) is 2.68. The van der Waals surface area contributed by atoms with Crippen LogP contribution in [0.25, 0.3) is 0 Å². The number of carbonyl (C=O) groups is 1. The number of nitrogens with zero attached hydrogens (tertiary/aromatic N) is 1. The van der Waals surface area contributed by atoms with Crippen molar-refractivity contribution in [2.75, 3.05) is 38.7 Å². The van der Waals surface area contributed by atoms with E-state index < -0.39 is 0 Å². The highest BCUT2D eigenvalue weighted by Gasteiger charge is 2.21. The van der Waals surface area contributed by atoms with Crippen molar-refractivity contribution in [3.63, 3.8) is 0 Å². The van der Waals surface area contributed by atoms with Crippen LogP contribution in [0.4, 0.5) is 0 Å². The SMILES string of the molecule is CN(C)CC(C)(C)CNC(=O)c1ccc(C2SCCS2)cc1. The molecule has 1 aliphatic rings. The molecule has 0 saturated carbocycles. The van der Waals surface area contributed by atoms with Gasteiger partial charge in [0.15, 0.2) is 0 Å². The Kier molecular flexibility index (Phi) is 6.24. The van der Waals surface area contributed by atoms with Gasteiger partial charge in [0.1, 0.15) is 0 Å². The molecule has 122 valence electrons. The predicted octanol–water partition coefficient (Wildman–Crippen LogP) is 3.48. The van der Waals surface area contributed by atoms with Crippen molar-refractivity contribution in [3.8, 4) is 0 Å². The summed E-state index contributed by atoms with van der Waals surface area (Å²) in [6.07, 6.45) is 0. The van der Waals surface area contributed by atoms with Crippen LogP contribution in [0.3, 0.4) is 0 Å². The Labute approximate surface area is 142 Å². The quantitative estimate of drug-likeness (QED) is 0.861. The molecule has 0 bridgehead atoms. The van der Waals surface area contributed by atoms with Crippen molar-refractivity contribution >= 4 is 29.4 Å². The Balaban J connectivity index is 1.89. The van der Waals surface area contributed by atoms with Gasteiger partial charge in [-0.15, -0.1) is 23.5 Å². The number of rotatable bonds is 6. The molecule has 1 N–H and O–H groups in total. The van der Waals surface area contributed by atoms with Crippen LogP contribution >= 0.6 is 23.5 Å². The molecule has 22 heavy (non-hydrogen) atoms. The van der Waals surface area contributed by atoms with E-state index in [0.717, 1.165) is 12.1 Å². The lowest BCUT2D eigenvalue weighted by atomic mass is 9.93. The lowest BCUT2D eigenvalue weighted by molar-refractivity contribution is 0.0929. The minimum atomic E-state index is 0.0186. The third-order valence-electron chi connectivity index (χ3n) is 3.54. The third-order valence-corrected chi connectivity index (χ3v) is 6.64. The molecule has 0 aliphatic carbocycles. The highest BCUT2D eigenvalue weighted by molar-refractivity contribution is 8.19. The standard InChI is InChI=1S/C17H26N2OS2/c1-17(2,12-19(3)4)11-18-15(20)13-5-7-14(8-6-13)16-21-9-10-22-16/h5-8,16H,9-12H2,1-4H3,(H,18,20). The number of hydrogen-bond donors (Lipinski definition) is 1. The molecule has 0 atom stereocenters. The van der Waals surface area contributed by atoms with Crippen LogP contribution in [0.5, 0.6) is 0 Å². The van der Waals surface area contributed by atoms with Crippen LogP contribution in [0, 0.1) is 5.41 Å². The number of benzene rings is 1. The van der Waals surface area contributed by atoms with Crippen molar-refractivity contribution < 1.29 is 4.79 Å². The van der Waals surface area contributed by atoms with Gasteiger partial charge in [0.25, 0.3) is 5.91 Å². The normalized spacial score (nSPS) is 16.2. The van der Waals surface area contributed by atoms with Gasteiger partial charge in [-0.25, -0.2) is 0 Å². The maximum atomic E-state index is 12.3. The maximum absolute atomic E-state index is 12.3. The van der Waals surface area contributed by atoms with Gasteiger partial charge in [0, 0.05) is 30.2 Å². The Hall–Kier alpha value is -0.650. The second-order valence-corrected chi connectivity index (χ2v) is 9.50. The molecule has 0 spiro atoms. The zero-order valence-corrected chi connectivity index (χ0v) is 15.5. The van der Waals surface area contributed by atoms with E-state index in [1.807, 2.05) is 35.7 Å². The topological polar surface area (TPSA) is 32.3 Å². The van der Waals surface area contributed by atoms with E-state index in [9.17, 15) is 4.79 Å². The molecular formula is C17H26N2OS2. The van der Waals surface area contributed by atoms with Crippen LogP contribution in [0.1, 0.15) is 34.4 Å². The fourth-order valence-corrected chi connectivity index (χ4v) is 5.54. The molecule has 2 rings (SSSR count). The molecule has 5 heteroatoms. The van der Waals surface area contributed by atoms with Gasteiger partial charge in [0.2, 0.25) is 0 Å². The number of nitrogens with one attached hydrogen (secondary N) is 1. The zero-order chi connectivity index (χ0) is 16.2. The first-order valence-electron chi connectivity index (χ1n) is 7.63. The first-order valence-corrected chi connectivity index (χ1v) is 9.73. The maximum Gasteiger partial charge on any atom is 0.251 e. The molecule has 1 heterocycles. The molecule has 1 aromatic rings. The van der Waals surface area contributed by atoms with Gasteiger partial charge < -0.3 is 10.2 Å². The van der Waals surface area contributed by atoms with E-state index in [-0.39, 0.29) is 11.3 Å². The molecule has 1 aromatic carbocycles.